The minimum atomic E-state index is -3.83. The summed E-state index contributed by atoms with van der Waals surface area (Å²) in [6.45, 7) is 2.12. The van der Waals surface area contributed by atoms with Gasteiger partial charge in [0, 0.05) is 24.0 Å². The molecule has 0 saturated carbocycles. The summed E-state index contributed by atoms with van der Waals surface area (Å²) in [7, 11) is -3.83. The van der Waals surface area contributed by atoms with Crippen LogP contribution in [0.25, 0.3) is 0 Å². The second-order valence-corrected chi connectivity index (χ2v) is 8.04. The highest BCUT2D eigenvalue weighted by molar-refractivity contribution is 7.92. The zero-order valence-electron chi connectivity index (χ0n) is 14.4. The van der Waals surface area contributed by atoms with E-state index in [0.29, 0.717) is 22.5 Å². The molecule has 2 heterocycles. The summed E-state index contributed by atoms with van der Waals surface area (Å²) in [4.78, 5) is 8.04. The lowest BCUT2D eigenvalue weighted by molar-refractivity contribution is 0.597. The van der Waals surface area contributed by atoms with Gasteiger partial charge in [-0.15, -0.1) is 11.3 Å². The van der Waals surface area contributed by atoms with Gasteiger partial charge < -0.3 is 11.1 Å². The Labute approximate surface area is 160 Å². The van der Waals surface area contributed by atoms with E-state index in [4.69, 9.17) is 5.73 Å². The summed E-state index contributed by atoms with van der Waals surface area (Å²) < 4.78 is 41.2. The van der Waals surface area contributed by atoms with Gasteiger partial charge in [-0.25, -0.2) is 14.4 Å². The van der Waals surface area contributed by atoms with Crippen LogP contribution in [0.2, 0.25) is 0 Å². The van der Waals surface area contributed by atoms with E-state index >= 15 is 0 Å². The fourth-order valence-corrected chi connectivity index (χ4v) is 4.06. The predicted molar refractivity (Wildman–Crippen MR) is 104 cm³/mol. The minimum Gasteiger partial charge on any atom is -0.379 e. The largest absolute Gasteiger partial charge is 0.379 e. The second-order valence-electron chi connectivity index (χ2n) is 5.70. The maximum atomic E-state index is 14.0. The highest BCUT2D eigenvalue weighted by Crippen LogP contribution is 2.21. The van der Waals surface area contributed by atoms with Crippen LogP contribution in [0.4, 0.5) is 15.9 Å². The van der Waals surface area contributed by atoms with E-state index in [-0.39, 0.29) is 29.8 Å². The van der Waals surface area contributed by atoms with Gasteiger partial charge in [0.25, 0.3) is 10.0 Å². The molecule has 0 amide bonds. The van der Waals surface area contributed by atoms with Crippen molar-refractivity contribution in [3.05, 3.63) is 63.9 Å². The molecule has 1 aromatic carbocycles. The third-order valence-electron chi connectivity index (χ3n) is 3.90. The molecular formula is C17H18FN5O2S2. The molecule has 2 aromatic heterocycles. The third-order valence-corrected chi connectivity index (χ3v) is 5.74. The number of nitrogens with zero attached hydrogens (tertiary/aromatic N) is 2. The standard InChI is InChI=1S/C17H18FN5O2S2/c1-11-15(20-8-13-12(7-19)3-2-4-14(13)18)5-6-17(22-11)27(24,25)23-16-9-26-10-21-16/h2-6,9-10,20,23H,7-8,19H2,1H3. The average molecular weight is 407 g/mol. The SMILES string of the molecule is Cc1nc(S(=O)(=O)Nc2cscn2)ccc1NCc1c(F)cccc1CN. The summed E-state index contributed by atoms with van der Waals surface area (Å²) in [6.07, 6.45) is 0. The topological polar surface area (TPSA) is 110 Å². The zero-order valence-corrected chi connectivity index (χ0v) is 16.1. The van der Waals surface area contributed by atoms with Crippen LogP contribution in [0.5, 0.6) is 0 Å². The summed E-state index contributed by atoms with van der Waals surface area (Å²) in [6, 6.07) is 7.74. The Morgan fingerprint density at radius 1 is 1.26 bits per heavy atom. The van der Waals surface area contributed by atoms with E-state index < -0.39 is 10.0 Å². The molecule has 0 spiro atoms. The van der Waals surface area contributed by atoms with Gasteiger partial charge in [-0.05, 0) is 30.7 Å². The number of halogens is 1. The molecule has 0 unspecified atom stereocenters. The van der Waals surface area contributed by atoms with E-state index in [1.165, 1.54) is 29.0 Å². The maximum absolute atomic E-state index is 14.0. The number of rotatable bonds is 7. The Hall–Kier alpha value is -2.56. The van der Waals surface area contributed by atoms with Gasteiger partial charge in [0.2, 0.25) is 0 Å². The number of pyridine rings is 1. The van der Waals surface area contributed by atoms with Crippen molar-refractivity contribution in [1.29, 1.82) is 0 Å². The van der Waals surface area contributed by atoms with Gasteiger partial charge in [0.1, 0.15) is 5.82 Å². The van der Waals surface area contributed by atoms with E-state index in [9.17, 15) is 12.8 Å². The Kier molecular flexibility index (Phi) is 5.68. The van der Waals surface area contributed by atoms with Gasteiger partial charge in [0.15, 0.2) is 10.8 Å². The Bertz CT molecular complexity index is 1040. The highest BCUT2D eigenvalue weighted by atomic mass is 32.2. The molecule has 3 rings (SSSR count). The normalized spacial score (nSPS) is 11.4. The first-order valence-electron chi connectivity index (χ1n) is 7.99. The van der Waals surface area contributed by atoms with Crippen molar-refractivity contribution in [1.82, 2.24) is 9.97 Å². The van der Waals surface area contributed by atoms with Crippen LogP contribution in [0.1, 0.15) is 16.8 Å². The van der Waals surface area contributed by atoms with Gasteiger partial charge >= 0.3 is 0 Å². The number of hydrogen-bond donors (Lipinski definition) is 3. The molecule has 0 aliphatic heterocycles. The maximum Gasteiger partial charge on any atom is 0.280 e. The number of benzene rings is 1. The molecule has 0 saturated heterocycles. The van der Waals surface area contributed by atoms with Crippen molar-refractivity contribution in [2.45, 2.75) is 25.0 Å². The van der Waals surface area contributed by atoms with Crippen LogP contribution in [0.15, 0.2) is 46.2 Å². The molecule has 3 aromatic rings. The molecule has 0 atom stereocenters. The molecule has 0 aliphatic carbocycles. The van der Waals surface area contributed by atoms with Crippen molar-refractivity contribution >= 4 is 32.9 Å². The molecule has 0 fully saturated rings. The molecule has 4 N–H and O–H groups in total. The van der Waals surface area contributed by atoms with Gasteiger partial charge in [-0.1, -0.05) is 12.1 Å². The summed E-state index contributed by atoms with van der Waals surface area (Å²) in [5.41, 5.74) is 9.45. The number of sulfonamides is 1. The van der Waals surface area contributed by atoms with E-state index in [1.54, 1.807) is 30.5 Å². The van der Waals surface area contributed by atoms with Crippen LogP contribution in [-0.4, -0.2) is 18.4 Å². The first-order chi connectivity index (χ1) is 12.9. The summed E-state index contributed by atoms with van der Waals surface area (Å²) in [5, 5.41) is 4.55. The second kappa shape index (κ2) is 7.99. The van der Waals surface area contributed by atoms with Crippen LogP contribution in [0, 0.1) is 12.7 Å². The molecule has 0 radical (unpaired) electrons. The predicted octanol–water partition coefficient (Wildman–Crippen LogP) is 2.86. The first kappa shape index (κ1) is 19.2. The Balaban J connectivity index is 1.78. The summed E-state index contributed by atoms with van der Waals surface area (Å²) >= 11 is 1.28. The fraction of sp³-hybridized carbons (Fsp3) is 0.176. The lowest BCUT2D eigenvalue weighted by Crippen LogP contribution is -2.16. The first-order valence-corrected chi connectivity index (χ1v) is 10.4. The van der Waals surface area contributed by atoms with Gasteiger partial charge in [-0.3, -0.25) is 4.72 Å². The van der Waals surface area contributed by atoms with E-state index in [1.807, 2.05) is 0 Å². The van der Waals surface area contributed by atoms with Crippen LogP contribution >= 0.6 is 11.3 Å². The molecule has 10 heteroatoms. The quantitative estimate of drug-likeness (QED) is 0.556. The van der Waals surface area contributed by atoms with E-state index in [0.717, 1.165) is 0 Å². The molecule has 0 bridgehead atoms. The van der Waals surface area contributed by atoms with Crippen molar-refractivity contribution in [2.24, 2.45) is 5.73 Å². The lowest BCUT2D eigenvalue weighted by atomic mass is 10.1. The number of hydrogen-bond acceptors (Lipinski definition) is 7. The average Bonchev–Trinajstić information content (AvgIpc) is 3.13. The van der Waals surface area contributed by atoms with Crippen molar-refractivity contribution in [2.75, 3.05) is 10.0 Å². The number of nitrogens with two attached hydrogens (primary N) is 1. The van der Waals surface area contributed by atoms with Gasteiger partial charge in [-0.2, -0.15) is 8.42 Å². The Morgan fingerprint density at radius 3 is 2.74 bits per heavy atom. The number of nitrogens with one attached hydrogen (secondary N) is 2. The molecule has 27 heavy (non-hydrogen) atoms. The lowest BCUT2D eigenvalue weighted by Gasteiger charge is -2.13. The number of thiazole rings is 1. The molecule has 142 valence electrons. The molecule has 7 nitrogen and oxygen atoms in total. The van der Waals surface area contributed by atoms with Crippen LogP contribution in [-0.2, 0) is 23.1 Å². The minimum absolute atomic E-state index is 0.118. The van der Waals surface area contributed by atoms with Crippen LogP contribution in [0.3, 0.4) is 0 Å². The summed E-state index contributed by atoms with van der Waals surface area (Å²) in [5.74, 6) is -0.0988. The van der Waals surface area contributed by atoms with Crippen molar-refractivity contribution in [3.63, 3.8) is 0 Å². The van der Waals surface area contributed by atoms with Gasteiger partial charge in [0.05, 0.1) is 16.9 Å². The number of anilines is 2. The molecule has 0 aliphatic rings. The zero-order chi connectivity index (χ0) is 19.4. The van der Waals surface area contributed by atoms with Crippen molar-refractivity contribution < 1.29 is 12.8 Å². The smallest absolute Gasteiger partial charge is 0.280 e. The molecular weight excluding hydrogens is 389 g/mol. The number of aromatic nitrogens is 2. The van der Waals surface area contributed by atoms with Crippen LogP contribution < -0.4 is 15.8 Å². The third kappa shape index (κ3) is 4.41. The fourth-order valence-electron chi connectivity index (χ4n) is 2.50. The highest BCUT2D eigenvalue weighted by Gasteiger charge is 2.18. The number of aryl methyl sites for hydroxylation is 1. The van der Waals surface area contributed by atoms with E-state index in [2.05, 4.69) is 20.0 Å². The Morgan fingerprint density at radius 2 is 2.07 bits per heavy atom. The monoisotopic (exact) mass is 407 g/mol. The van der Waals surface area contributed by atoms with Crippen molar-refractivity contribution in [3.8, 4) is 0 Å².